The van der Waals surface area contributed by atoms with E-state index >= 15 is 0 Å². The lowest BCUT2D eigenvalue weighted by molar-refractivity contribution is -0.133. The van der Waals surface area contributed by atoms with Crippen molar-refractivity contribution in [1.82, 2.24) is 9.80 Å². The number of carbonyl (C=O) groups is 1. The molecule has 0 spiro atoms. The highest BCUT2D eigenvalue weighted by Gasteiger charge is 2.39. The number of hydrogen-bond donors (Lipinski definition) is 0. The van der Waals surface area contributed by atoms with E-state index in [4.69, 9.17) is 6.42 Å². The van der Waals surface area contributed by atoms with Crippen LogP contribution in [0, 0.1) is 12.3 Å². The van der Waals surface area contributed by atoms with Gasteiger partial charge in [0.1, 0.15) is 0 Å². The van der Waals surface area contributed by atoms with Gasteiger partial charge in [-0.2, -0.15) is 10.2 Å². The first-order valence-corrected chi connectivity index (χ1v) is 8.46. The van der Waals surface area contributed by atoms with Gasteiger partial charge in [-0.1, -0.05) is 6.92 Å². The van der Waals surface area contributed by atoms with Gasteiger partial charge in [-0.05, 0) is 25.8 Å². The lowest BCUT2D eigenvalue weighted by atomic mass is 10.00. The van der Waals surface area contributed by atoms with Crippen LogP contribution in [0.25, 0.3) is 0 Å². The van der Waals surface area contributed by atoms with E-state index < -0.39 is 0 Å². The SMILES string of the molecule is C#CCCC1(CCC(=O)N(C)C2CCN(CCC)CC2)N=N1. The minimum absolute atomic E-state index is 0.214. The van der Waals surface area contributed by atoms with E-state index in [0.717, 1.165) is 32.4 Å². The van der Waals surface area contributed by atoms with Gasteiger partial charge >= 0.3 is 0 Å². The smallest absolute Gasteiger partial charge is 0.222 e. The summed E-state index contributed by atoms with van der Waals surface area (Å²) in [6, 6.07) is 0.385. The van der Waals surface area contributed by atoms with Gasteiger partial charge in [-0.15, -0.1) is 12.3 Å². The summed E-state index contributed by atoms with van der Waals surface area (Å²) < 4.78 is 0. The van der Waals surface area contributed by atoms with Crippen molar-refractivity contribution in [2.24, 2.45) is 10.2 Å². The normalized spacial score (nSPS) is 20.6. The second kappa shape index (κ2) is 7.73. The van der Waals surface area contributed by atoms with Crippen molar-refractivity contribution >= 4 is 5.91 Å². The molecule has 0 N–H and O–H groups in total. The first-order chi connectivity index (χ1) is 10.6. The van der Waals surface area contributed by atoms with Crippen LogP contribution in [0.3, 0.4) is 0 Å². The molecule has 1 amide bonds. The van der Waals surface area contributed by atoms with Crippen LogP contribution in [-0.2, 0) is 4.79 Å². The van der Waals surface area contributed by atoms with Gasteiger partial charge < -0.3 is 9.80 Å². The number of amides is 1. The van der Waals surface area contributed by atoms with Crippen LogP contribution in [0.2, 0.25) is 0 Å². The highest BCUT2D eigenvalue weighted by molar-refractivity contribution is 5.76. The molecule has 0 aromatic carbocycles. The number of terminal acetylenes is 1. The molecule has 0 atom stereocenters. The maximum Gasteiger partial charge on any atom is 0.222 e. The fourth-order valence-electron chi connectivity index (χ4n) is 3.20. The molecule has 5 heteroatoms. The van der Waals surface area contributed by atoms with Crippen LogP contribution in [0.5, 0.6) is 0 Å². The van der Waals surface area contributed by atoms with Gasteiger partial charge in [-0.25, -0.2) is 0 Å². The third kappa shape index (κ3) is 4.54. The van der Waals surface area contributed by atoms with Crippen molar-refractivity contribution in [3.63, 3.8) is 0 Å². The van der Waals surface area contributed by atoms with E-state index in [9.17, 15) is 4.79 Å². The summed E-state index contributed by atoms with van der Waals surface area (Å²) in [6.07, 6.45) is 11.3. The Morgan fingerprint density at radius 2 is 2.05 bits per heavy atom. The van der Waals surface area contributed by atoms with Gasteiger partial charge in [0, 0.05) is 51.9 Å². The summed E-state index contributed by atoms with van der Waals surface area (Å²) in [6.45, 7) is 5.59. The molecule has 0 aliphatic carbocycles. The van der Waals surface area contributed by atoms with Crippen LogP contribution >= 0.6 is 0 Å². The van der Waals surface area contributed by atoms with E-state index in [-0.39, 0.29) is 11.6 Å². The standard InChI is InChI=1S/C17H28N4O/c1-4-6-10-17(18-19-17)11-7-16(22)20(3)15-8-13-21(12-5-2)14-9-15/h1,15H,5-14H2,2-3H3. The fourth-order valence-corrected chi connectivity index (χ4v) is 3.20. The number of nitrogens with zero attached hydrogens (tertiary/aromatic N) is 4. The Bertz CT molecular complexity index is 440. The fraction of sp³-hybridized carbons (Fsp3) is 0.824. The average Bonchev–Trinajstić information content (AvgIpc) is 3.31. The molecule has 0 aromatic rings. The zero-order chi connectivity index (χ0) is 16.0. The molecule has 0 bridgehead atoms. The van der Waals surface area contributed by atoms with Crippen molar-refractivity contribution in [2.45, 2.75) is 63.6 Å². The summed E-state index contributed by atoms with van der Waals surface area (Å²) in [4.78, 5) is 16.8. The Hall–Kier alpha value is -1.41. The summed E-state index contributed by atoms with van der Waals surface area (Å²) in [5.41, 5.74) is -0.340. The lowest BCUT2D eigenvalue weighted by Crippen LogP contribution is -2.45. The zero-order valence-electron chi connectivity index (χ0n) is 13.9. The topological polar surface area (TPSA) is 48.3 Å². The van der Waals surface area contributed by atoms with Crippen LogP contribution < -0.4 is 0 Å². The van der Waals surface area contributed by atoms with Crippen molar-refractivity contribution in [2.75, 3.05) is 26.7 Å². The third-order valence-corrected chi connectivity index (χ3v) is 4.83. The molecule has 0 unspecified atom stereocenters. The van der Waals surface area contributed by atoms with E-state index in [1.54, 1.807) is 0 Å². The molecule has 0 aromatic heterocycles. The number of hydrogen-bond acceptors (Lipinski definition) is 4. The van der Waals surface area contributed by atoms with Crippen LogP contribution in [0.1, 0.15) is 51.9 Å². The Labute approximate surface area is 134 Å². The molecule has 2 aliphatic heterocycles. The molecule has 1 saturated heterocycles. The minimum atomic E-state index is -0.340. The Kier molecular flexibility index (Phi) is 5.96. The molecule has 2 rings (SSSR count). The van der Waals surface area contributed by atoms with Gasteiger partial charge in [0.05, 0.1) is 0 Å². The van der Waals surface area contributed by atoms with Gasteiger partial charge in [0.25, 0.3) is 0 Å². The summed E-state index contributed by atoms with van der Waals surface area (Å²) >= 11 is 0. The number of piperidine rings is 1. The van der Waals surface area contributed by atoms with Crippen LogP contribution in [-0.4, -0.2) is 54.1 Å². The largest absolute Gasteiger partial charge is 0.343 e. The second-order valence-electron chi connectivity index (χ2n) is 6.46. The monoisotopic (exact) mass is 304 g/mol. The summed E-state index contributed by atoms with van der Waals surface area (Å²) in [7, 11) is 1.94. The molecule has 1 fully saturated rings. The van der Waals surface area contributed by atoms with Gasteiger partial charge in [0.15, 0.2) is 5.66 Å². The van der Waals surface area contributed by atoms with E-state index in [2.05, 4.69) is 28.0 Å². The lowest BCUT2D eigenvalue weighted by Gasteiger charge is -2.36. The molecular formula is C17H28N4O. The number of carbonyl (C=O) groups excluding carboxylic acids is 1. The maximum absolute atomic E-state index is 12.4. The molecule has 122 valence electrons. The molecule has 2 aliphatic rings. The average molecular weight is 304 g/mol. The van der Waals surface area contributed by atoms with Crippen molar-refractivity contribution < 1.29 is 4.79 Å². The second-order valence-corrected chi connectivity index (χ2v) is 6.46. The maximum atomic E-state index is 12.4. The molecule has 22 heavy (non-hydrogen) atoms. The molecule has 5 nitrogen and oxygen atoms in total. The Balaban J connectivity index is 1.70. The Morgan fingerprint density at radius 1 is 1.36 bits per heavy atom. The quantitative estimate of drug-likeness (QED) is 0.647. The molecule has 0 radical (unpaired) electrons. The summed E-state index contributed by atoms with van der Waals surface area (Å²) in [5.74, 6) is 2.83. The van der Waals surface area contributed by atoms with Crippen LogP contribution in [0.4, 0.5) is 0 Å². The van der Waals surface area contributed by atoms with E-state index in [1.807, 2.05) is 11.9 Å². The van der Waals surface area contributed by atoms with Crippen molar-refractivity contribution in [3.8, 4) is 12.3 Å². The number of likely N-dealkylation sites (tertiary alicyclic amines) is 1. The first-order valence-electron chi connectivity index (χ1n) is 8.46. The van der Waals surface area contributed by atoms with E-state index in [1.165, 1.54) is 13.0 Å². The third-order valence-electron chi connectivity index (χ3n) is 4.83. The molecule has 0 saturated carbocycles. The minimum Gasteiger partial charge on any atom is -0.343 e. The van der Waals surface area contributed by atoms with Gasteiger partial charge in [0.2, 0.25) is 5.91 Å². The first kappa shape index (κ1) is 17.0. The van der Waals surface area contributed by atoms with Crippen molar-refractivity contribution in [1.29, 1.82) is 0 Å². The number of rotatable bonds is 8. The highest BCUT2D eigenvalue weighted by Crippen LogP contribution is 2.37. The predicted octanol–water partition coefficient (Wildman–Crippen LogP) is 2.67. The zero-order valence-corrected chi connectivity index (χ0v) is 13.9. The van der Waals surface area contributed by atoms with Crippen molar-refractivity contribution in [3.05, 3.63) is 0 Å². The molecule has 2 heterocycles. The van der Waals surface area contributed by atoms with E-state index in [0.29, 0.717) is 25.3 Å². The predicted molar refractivity (Wildman–Crippen MR) is 87.4 cm³/mol. The molecular weight excluding hydrogens is 276 g/mol. The highest BCUT2D eigenvalue weighted by atomic mass is 16.2. The van der Waals surface area contributed by atoms with Crippen LogP contribution in [0.15, 0.2) is 10.2 Å². The summed E-state index contributed by atoms with van der Waals surface area (Å²) in [5, 5.41) is 8.20. The Morgan fingerprint density at radius 3 is 2.59 bits per heavy atom. The van der Waals surface area contributed by atoms with Gasteiger partial charge in [-0.3, -0.25) is 4.79 Å².